The normalized spacial score (nSPS) is 10.9. The molecule has 8 heteroatoms. The predicted molar refractivity (Wildman–Crippen MR) is 93.5 cm³/mol. The van der Waals surface area contributed by atoms with E-state index in [1.54, 1.807) is 30.7 Å². The molecule has 0 bridgehead atoms. The van der Waals surface area contributed by atoms with Crippen LogP contribution in [0.25, 0.3) is 22.3 Å². The molecule has 3 aromatic rings. The second-order valence-electron chi connectivity index (χ2n) is 5.17. The van der Waals surface area contributed by atoms with E-state index in [-0.39, 0.29) is 11.7 Å². The van der Waals surface area contributed by atoms with Gasteiger partial charge in [-0.3, -0.25) is 0 Å². The van der Waals surface area contributed by atoms with Gasteiger partial charge in [0.1, 0.15) is 16.5 Å². The highest BCUT2D eigenvalue weighted by Gasteiger charge is 2.08. The summed E-state index contributed by atoms with van der Waals surface area (Å²) < 4.78 is 21.6. The Morgan fingerprint density at radius 1 is 0.833 bits per heavy atom. The summed E-state index contributed by atoms with van der Waals surface area (Å²) in [6.07, 6.45) is 4.85. The van der Waals surface area contributed by atoms with E-state index in [0.717, 1.165) is 22.3 Å². The third-order valence-corrected chi connectivity index (χ3v) is 4.12. The monoisotopic (exact) mass is 341 g/mol. The van der Waals surface area contributed by atoms with Crippen molar-refractivity contribution >= 4 is 22.5 Å². The van der Waals surface area contributed by atoms with Crippen LogP contribution in [-0.2, 0) is 16.5 Å². The van der Waals surface area contributed by atoms with Gasteiger partial charge in [-0.1, -0.05) is 24.3 Å². The molecule has 3 rings (SSSR count). The molecule has 0 fully saturated rings. The fourth-order valence-electron chi connectivity index (χ4n) is 2.29. The number of hydrogen-bond donors (Lipinski definition) is 3. The van der Waals surface area contributed by atoms with Crippen molar-refractivity contribution in [1.29, 1.82) is 0 Å². The summed E-state index contributed by atoms with van der Waals surface area (Å²) in [5.74, 6) is 0.588. The van der Waals surface area contributed by atoms with Crippen LogP contribution >= 0.6 is 0 Å². The van der Waals surface area contributed by atoms with E-state index in [0.29, 0.717) is 11.4 Å². The molecule has 7 nitrogen and oxygen atoms in total. The van der Waals surface area contributed by atoms with Gasteiger partial charge in [-0.15, -0.1) is 0 Å². The lowest BCUT2D eigenvalue weighted by atomic mass is 10.0. The number of nitrogens with zero attached hydrogens (tertiary/aromatic N) is 3. The van der Waals surface area contributed by atoms with Crippen molar-refractivity contribution in [2.45, 2.75) is 5.75 Å². The number of aromatic nitrogens is 3. The maximum absolute atomic E-state index is 10.8. The number of hydrogen-bond acceptors (Lipinski definition) is 7. The molecule has 0 aliphatic heterocycles. The maximum Gasteiger partial charge on any atom is 0.219 e. The van der Waals surface area contributed by atoms with Gasteiger partial charge in [0.25, 0.3) is 0 Å². The molecule has 24 heavy (non-hydrogen) atoms. The minimum Gasteiger partial charge on any atom is -0.383 e. The Bertz CT molecular complexity index is 930. The van der Waals surface area contributed by atoms with Gasteiger partial charge in [-0.05, 0) is 17.2 Å². The molecular weight excluding hydrogens is 326 g/mol. The number of anilines is 2. The topological polar surface area (TPSA) is 125 Å². The van der Waals surface area contributed by atoms with E-state index in [4.69, 9.17) is 11.5 Å². The Morgan fingerprint density at radius 2 is 1.46 bits per heavy atom. The summed E-state index contributed by atoms with van der Waals surface area (Å²) in [4.78, 5) is 12.1. The van der Waals surface area contributed by atoms with Crippen molar-refractivity contribution in [3.8, 4) is 22.3 Å². The number of thiol groups is 1. The van der Waals surface area contributed by atoms with Gasteiger partial charge in [-0.2, -0.15) is 0 Å². The third-order valence-electron chi connectivity index (χ3n) is 3.50. The average molecular weight is 341 g/mol. The van der Waals surface area contributed by atoms with Crippen molar-refractivity contribution in [3.05, 3.63) is 54.5 Å². The fraction of sp³-hybridized carbons (Fsp3) is 0.0625. The Morgan fingerprint density at radius 3 is 2.08 bits per heavy atom. The van der Waals surface area contributed by atoms with Crippen LogP contribution in [0.15, 0.2) is 48.9 Å². The molecule has 0 amide bonds. The zero-order valence-electron chi connectivity index (χ0n) is 12.6. The molecule has 0 spiro atoms. The number of nitrogen functional groups attached to an aromatic ring is 2. The molecule has 1 aromatic carbocycles. The van der Waals surface area contributed by atoms with Crippen molar-refractivity contribution in [1.82, 2.24) is 15.0 Å². The fourth-order valence-corrected chi connectivity index (χ4v) is 2.80. The van der Waals surface area contributed by atoms with Crippen LogP contribution in [0.4, 0.5) is 11.8 Å². The average Bonchev–Trinajstić information content (AvgIpc) is 2.56. The van der Waals surface area contributed by atoms with E-state index in [9.17, 15) is 8.42 Å². The highest BCUT2D eigenvalue weighted by Crippen LogP contribution is 2.29. The summed E-state index contributed by atoms with van der Waals surface area (Å²) in [5.41, 5.74) is 15.4. The highest BCUT2D eigenvalue weighted by molar-refractivity contribution is 7.71. The third kappa shape index (κ3) is 3.49. The Kier molecular flexibility index (Phi) is 4.39. The number of pyridine rings is 1. The van der Waals surface area contributed by atoms with Crippen LogP contribution in [0.2, 0.25) is 0 Å². The summed E-state index contributed by atoms with van der Waals surface area (Å²) in [6.45, 7) is 0. The van der Waals surface area contributed by atoms with Gasteiger partial charge >= 0.3 is 0 Å². The second kappa shape index (κ2) is 6.63. The Labute approximate surface area is 140 Å². The molecule has 122 valence electrons. The number of nitrogens with two attached hydrogens (primary N) is 2. The van der Waals surface area contributed by atoms with Gasteiger partial charge in [0.05, 0.1) is 5.75 Å². The highest BCUT2D eigenvalue weighted by atomic mass is 32.2. The summed E-state index contributed by atoms with van der Waals surface area (Å²) in [6, 6.07) is 9.15. The van der Waals surface area contributed by atoms with Crippen LogP contribution in [0.1, 0.15) is 5.56 Å². The summed E-state index contributed by atoms with van der Waals surface area (Å²) in [5, 5.41) is 0. The molecule has 0 saturated heterocycles. The molecular formula is C16H15N5O2S. The van der Waals surface area contributed by atoms with Crippen LogP contribution in [0, 0.1) is 0 Å². The SMILES string of the molecule is Nc1ncc(-c2cc(-c3ccc(C[SH](=O)=O)cc3)cnc2N)cn1. The van der Waals surface area contributed by atoms with Crippen molar-refractivity contribution in [2.75, 3.05) is 11.5 Å². The van der Waals surface area contributed by atoms with Gasteiger partial charge < -0.3 is 11.5 Å². The first-order valence-corrected chi connectivity index (χ1v) is 8.44. The summed E-state index contributed by atoms with van der Waals surface area (Å²) >= 11 is 0. The van der Waals surface area contributed by atoms with Crippen molar-refractivity contribution < 1.29 is 8.42 Å². The number of rotatable bonds is 4. The van der Waals surface area contributed by atoms with Crippen LogP contribution in [-0.4, -0.2) is 23.4 Å². The van der Waals surface area contributed by atoms with E-state index in [1.807, 2.05) is 18.2 Å². The lowest BCUT2D eigenvalue weighted by Crippen LogP contribution is -1.98. The first-order valence-electron chi connectivity index (χ1n) is 7.07. The molecule has 2 heterocycles. The molecule has 2 aromatic heterocycles. The molecule has 0 unspecified atom stereocenters. The summed E-state index contributed by atoms with van der Waals surface area (Å²) in [7, 11) is -2.44. The second-order valence-corrected chi connectivity index (χ2v) is 6.16. The van der Waals surface area contributed by atoms with Crippen LogP contribution in [0.3, 0.4) is 0 Å². The van der Waals surface area contributed by atoms with E-state index in [2.05, 4.69) is 15.0 Å². The largest absolute Gasteiger partial charge is 0.383 e. The minimum atomic E-state index is -2.44. The van der Waals surface area contributed by atoms with E-state index < -0.39 is 10.7 Å². The zero-order valence-corrected chi connectivity index (χ0v) is 13.5. The van der Waals surface area contributed by atoms with Crippen LogP contribution < -0.4 is 11.5 Å². The van der Waals surface area contributed by atoms with Crippen molar-refractivity contribution in [3.63, 3.8) is 0 Å². The first-order chi connectivity index (χ1) is 11.5. The molecule has 0 atom stereocenters. The molecule has 0 aliphatic rings. The molecule has 4 N–H and O–H groups in total. The lowest BCUT2D eigenvalue weighted by molar-refractivity contribution is 0.614. The number of benzene rings is 1. The lowest BCUT2D eigenvalue weighted by Gasteiger charge is -2.08. The first kappa shape index (κ1) is 15.9. The van der Waals surface area contributed by atoms with Gasteiger partial charge in [0.15, 0.2) is 0 Å². The maximum atomic E-state index is 10.8. The smallest absolute Gasteiger partial charge is 0.219 e. The van der Waals surface area contributed by atoms with Gasteiger partial charge in [0, 0.05) is 35.3 Å². The van der Waals surface area contributed by atoms with Gasteiger partial charge in [-0.25, -0.2) is 23.4 Å². The van der Waals surface area contributed by atoms with Crippen LogP contribution in [0.5, 0.6) is 0 Å². The molecule has 0 aliphatic carbocycles. The molecule has 0 saturated carbocycles. The quantitative estimate of drug-likeness (QED) is 0.614. The Balaban J connectivity index is 1.97. The van der Waals surface area contributed by atoms with Crippen molar-refractivity contribution in [2.24, 2.45) is 0 Å². The zero-order chi connectivity index (χ0) is 17.1. The Hall–Kier alpha value is -3.00. The predicted octanol–water partition coefficient (Wildman–Crippen LogP) is 1.48. The van der Waals surface area contributed by atoms with Gasteiger partial charge in [0.2, 0.25) is 5.95 Å². The molecule has 0 radical (unpaired) electrons. The van der Waals surface area contributed by atoms with E-state index in [1.165, 1.54) is 0 Å². The van der Waals surface area contributed by atoms with E-state index >= 15 is 0 Å². The standard InChI is InChI=1S/C16H15N5O2S/c17-15-14(13-7-20-16(18)21-8-13)5-12(6-19-15)11-3-1-10(2-4-11)9-24(22)23/h1-8,24H,9H2,(H2,17,19)(H2,18,20,21). The minimum absolute atomic E-state index is 0.0314.